The lowest BCUT2D eigenvalue weighted by molar-refractivity contribution is -0.127. The van der Waals surface area contributed by atoms with E-state index in [4.69, 9.17) is 16.3 Å². The van der Waals surface area contributed by atoms with E-state index in [0.29, 0.717) is 29.3 Å². The first-order valence-electron chi connectivity index (χ1n) is 8.52. The van der Waals surface area contributed by atoms with Crippen LogP contribution in [-0.2, 0) is 11.2 Å². The highest BCUT2D eigenvalue weighted by atomic mass is 35.5. The van der Waals surface area contributed by atoms with Crippen molar-refractivity contribution in [3.05, 3.63) is 63.7 Å². The normalized spacial score (nSPS) is 16.1. The van der Waals surface area contributed by atoms with Gasteiger partial charge in [0.15, 0.2) is 6.10 Å². The Kier molecular flexibility index (Phi) is 5.47. The number of carbonyl (C=O) groups is 2. The number of aryl methyl sites for hydroxylation is 2. The van der Waals surface area contributed by atoms with Crippen LogP contribution in [-0.4, -0.2) is 31.0 Å². The third-order valence-corrected chi connectivity index (χ3v) is 4.73. The lowest BCUT2D eigenvalue weighted by Gasteiger charge is -2.17. The van der Waals surface area contributed by atoms with E-state index in [0.717, 1.165) is 16.7 Å². The summed E-state index contributed by atoms with van der Waals surface area (Å²) in [6.45, 7) is 4.50. The summed E-state index contributed by atoms with van der Waals surface area (Å²) >= 11 is 5.87. The number of fused-ring (bicyclic) bond motifs is 1. The molecular formula is C20H21ClN2O3. The molecule has 1 aliphatic heterocycles. The monoisotopic (exact) mass is 372 g/mol. The van der Waals surface area contributed by atoms with Gasteiger partial charge in [-0.3, -0.25) is 9.59 Å². The molecule has 0 saturated carbocycles. The first kappa shape index (κ1) is 18.3. The van der Waals surface area contributed by atoms with Gasteiger partial charge in [-0.1, -0.05) is 23.7 Å². The molecule has 136 valence electrons. The summed E-state index contributed by atoms with van der Waals surface area (Å²) in [5.41, 5.74) is 3.57. The predicted octanol–water partition coefficient (Wildman–Crippen LogP) is 2.81. The Balaban J connectivity index is 1.63. The van der Waals surface area contributed by atoms with Gasteiger partial charge in [0.25, 0.3) is 11.8 Å². The van der Waals surface area contributed by atoms with Gasteiger partial charge < -0.3 is 15.4 Å². The number of carbonyl (C=O) groups excluding carboxylic acids is 2. The van der Waals surface area contributed by atoms with Crippen LogP contribution in [0, 0.1) is 13.8 Å². The van der Waals surface area contributed by atoms with Crippen LogP contribution in [0.5, 0.6) is 5.75 Å². The third kappa shape index (κ3) is 4.17. The SMILES string of the molecule is Cc1cc2c(cc1C)C(=O)NC[C@H](C(=O)NCCc1ccc(Cl)cc1)O2. The molecule has 2 aromatic carbocycles. The van der Waals surface area contributed by atoms with Crippen LogP contribution in [0.4, 0.5) is 0 Å². The Hall–Kier alpha value is -2.53. The van der Waals surface area contributed by atoms with Crippen molar-refractivity contribution >= 4 is 23.4 Å². The second-order valence-electron chi connectivity index (χ2n) is 6.42. The third-order valence-electron chi connectivity index (χ3n) is 4.48. The van der Waals surface area contributed by atoms with Gasteiger partial charge in [0.2, 0.25) is 0 Å². The predicted molar refractivity (Wildman–Crippen MR) is 101 cm³/mol. The van der Waals surface area contributed by atoms with E-state index in [1.807, 2.05) is 44.2 Å². The number of amides is 2. The summed E-state index contributed by atoms with van der Waals surface area (Å²) in [5, 5.41) is 6.30. The second-order valence-corrected chi connectivity index (χ2v) is 6.85. The van der Waals surface area contributed by atoms with E-state index in [9.17, 15) is 9.59 Å². The molecule has 3 rings (SSSR count). The van der Waals surface area contributed by atoms with Crippen LogP contribution in [0.3, 0.4) is 0 Å². The largest absolute Gasteiger partial charge is 0.478 e. The molecule has 0 spiro atoms. The van der Waals surface area contributed by atoms with E-state index in [-0.39, 0.29) is 18.4 Å². The molecule has 0 bridgehead atoms. The van der Waals surface area contributed by atoms with Crippen LogP contribution >= 0.6 is 11.6 Å². The first-order valence-corrected chi connectivity index (χ1v) is 8.90. The molecule has 2 aromatic rings. The molecule has 2 N–H and O–H groups in total. The van der Waals surface area contributed by atoms with Crippen molar-refractivity contribution in [3.63, 3.8) is 0 Å². The van der Waals surface area contributed by atoms with Crippen LogP contribution in [0.25, 0.3) is 0 Å². The van der Waals surface area contributed by atoms with Crippen LogP contribution in [0.1, 0.15) is 27.0 Å². The number of rotatable bonds is 4. The average Bonchev–Trinajstić information content (AvgIpc) is 2.77. The van der Waals surface area contributed by atoms with Gasteiger partial charge in [-0.2, -0.15) is 0 Å². The topological polar surface area (TPSA) is 67.4 Å². The number of hydrogen-bond acceptors (Lipinski definition) is 3. The molecular weight excluding hydrogens is 352 g/mol. The molecule has 0 aliphatic carbocycles. The lowest BCUT2D eigenvalue weighted by Crippen LogP contribution is -2.44. The lowest BCUT2D eigenvalue weighted by atomic mass is 10.0. The summed E-state index contributed by atoms with van der Waals surface area (Å²) in [5.74, 6) is -0.0224. The van der Waals surface area contributed by atoms with Gasteiger partial charge in [0.1, 0.15) is 5.75 Å². The molecule has 26 heavy (non-hydrogen) atoms. The van der Waals surface area contributed by atoms with Gasteiger partial charge in [-0.25, -0.2) is 0 Å². The maximum absolute atomic E-state index is 12.5. The quantitative estimate of drug-likeness (QED) is 0.867. The zero-order chi connectivity index (χ0) is 18.7. The summed E-state index contributed by atoms with van der Waals surface area (Å²) < 4.78 is 5.83. The van der Waals surface area contributed by atoms with Crippen molar-refractivity contribution in [2.75, 3.05) is 13.1 Å². The minimum absolute atomic E-state index is 0.137. The summed E-state index contributed by atoms with van der Waals surface area (Å²) in [6, 6.07) is 11.1. The summed E-state index contributed by atoms with van der Waals surface area (Å²) in [7, 11) is 0. The molecule has 6 heteroatoms. The zero-order valence-electron chi connectivity index (χ0n) is 14.8. The highest BCUT2D eigenvalue weighted by Gasteiger charge is 2.27. The second kappa shape index (κ2) is 7.79. The highest BCUT2D eigenvalue weighted by molar-refractivity contribution is 6.30. The van der Waals surface area contributed by atoms with Crippen molar-refractivity contribution in [3.8, 4) is 5.75 Å². The Morgan fingerprint density at radius 3 is 2.65 bits per heavy atom. The van der Waals surface area contributed by atoms with Crippen molar-refractivity contribution in [2.45, 2.75) is 26.4 Å². The van der Waals surface area contributed by atoms with E-state index < -0.39 is 6.10 Å². The van der Waals surface area contributed by atoms with Gasteiger partial charge in [0, 0.05) is 11.6 Å². The number of nitrogens with one attached hydrogen (secondary N) is 2. The number of hydrogen-bond donors (Lipinski definition) is 2. The van der Waals surface area contributed by atoms with Crippen LogP contribution < -0.4 is 15.4 Å². The Bertz CT molecular complexity index is 834. The zero-order valence-corrected chi connectivity index (χ0v) is 15.5. The van der Waals surface area contributed by atoms with Crippen molar-refractivity contribution < 1.29 is 14.3 Å². The van der Waals surface area contributed by atoms with E-state index >= 15 is 0 Å². The molecule has 1 atom stereocenters. The van der Waals surface area contributed by atoms with Gasteiger partial charge in [-0.15, -0.1) is 0 Å². The fourth-order valence-electron chi connectivity index (χ4n) is 2.78. The number of halogens is 1. The minimum Gasteiger partial charge on any atom is -0.478 e. The van der Waals surface area contributed by atoms with Crippen LogP contribution in [0.2, 0.25) is 5.02 Å². The molecule has 0 saturated heterocycles. The molecule has 0 radical (unpaired) electrons. The maximum Gasteiger partial charge on any atom is 0.262 e. The fraction of sp³-hybridized carbons (Fsp3) is 0.300. The first-order chi connectivity index (χ1) is 12.4. The summed E-state index contributed by atoms with van der Waals surface area (Å²) in [4.78, 5) is 24.7. The molecule has 0 unspecified atom stereocenters. The van der Waals surface area contributed by atoms with E-state index in [2.05, 4.69) is 10.6 Å². The highest BCUT2D eigenvalue weighted by Crippen LogP contribution is 2.26. The van der Waals surface area contributed by atoms with E-state index in [1.165, 1.54) is 0 Å². The van der Waals surface area contributed by atoms with Gasteiger partial charge in [-0.05, 0) is 61.2 Å². The molecule has 1 heterocycles. The standard InChI is InChI=1S/C20H21ClN2O3/c1-12-9-16-17(10-13(12)2)26-18(11-23-19(16)24)20(25)22-8-7-14-3-5-15(21)6-4-14/h3-6,9-10,18H,7-8,11H2,1-2H3,(H,22,25)(H,23,24)/t18-/m1/s1. The molecule has 1 aliphatic rings. The molecule has 0 fully saturated rings. The van der Waals surface area contributed by atoms with Crippen LogP contribution in [0.15, 0.2) is 36.4 Å². The Morgan fingerprint density at radius 2 is 1.92 bits per heavy atom. The maximum atomic E-state index is 12.5. The summed E-state index contributed by atoms with van der Waals surface area (Å²) in [6.07, 6.45) is -0.0656. The van der Waals surface area contributed by atoms with Crippen molar-refractivity contribution in [1.82, 2.24) is 10.6 Å². The Morgan fingerprint density at radius 1 is 1.23 bits per heavy atom. The molecule has 0 aromatic heterocycles. The van der Waals surface area contributed by atoms with Gasteiger partial charge >= 0.3 is 0 Å². The Labute approximate surface area is 157 Å². The molecule has 2 amide bonds. The van der Waals surface area contributed by atoms with Gasteiger partial charge in [0.05, 0.1) is 12.1 Å². The fourth-order valence-corrected chi connectivity index (χ4v) is 2.91. The smallest absolute Gasteiger partial charge is 0.262 e. The number of ether oxygens (including phenoxy) is 1. The average molecular weight is 373 g/mol. The van der Waals surface area contributed by atoms with Crippen molar-refractivity contribution in [1.29, 1.82) is 0 Å². The van der Waals surface area contributed by atoms with Crippen molar-refractivity contribution in [2.24, 2.45) is 0 Å². The molecule has 5 nitrogen and oxygen atoms in total. The number of benzene rings is 2. The minimum atomic E-state index is -0.757. The van der Waals surface area contributed by atoms with E-state index in [1.54, 1.807) is 6.07 Å².